The quantitative estimate of drug-likeness (QED) is 0.311. The molecule has 4 heterocycles. The number of likely N-dealkylation sites (tertiary alicyclic amines) is 2. The van der Waals surface area contributed by atoms with E-state index in [1.807, 2.05) is 88.7 Å². The van der Waals surface area contributed by atoms with Crippen LogP contribution in [0.2, 0.25) is 0 Å². The number of aromatic nitrogens is 3. The lowest BCUT2D eigenvalue weighted by Crippen LogP contribution is -2.56. The lowest BCUT2D eigenvalue weighted by atomic mass is 10.0. The van der Waals surface area contributed by atoms with Gasteiger partial charge in [-0.25, -0.2) is 4.98 Å². The first-order valence-electron chi connectivity index (χ1n) is 13.5. The molecule has 1 unspecified atom stereocenters. The summed E-state index contributed by atoms with van der Waals surface area (Å²) in [5, 5.41) is 3.93. The summed E-state index contributed by atoms with van der Waals surface area (Å²) in [4.78, 5) is 54.9. The van der Waals surface area contributed by atoms with E-state index >= 15 is 0 Å². The third-order valence-corrected chi connectivity index (χ3v) is 8.04. The second-order valence-electron chi connectivity index (χ2n) is 10.6. The Hall–Kier alpha value is -4.92. The molecule has 0 radical (unpaired) electrons. The van der Waals surface area contributed by atoms with Crippen LogP contribution in [0, 0.1) is 0 Å². The zero-order valence-corrected chi connectivity index (χ0v) is 21.7. The zero-order valence-electron chi connectivity index (χ0n) is 21.7. The average Bonchev–Trinajstić information content (AvgIpc) is 3.78. The van der Waals surface area contributed by atoms with Crippen molar-refractivity contribution >= 4 is 39.7 Å². The largest absolute Gasteiger partial charge is 0.351 e. The minimum absolute atomic E-state index is 0.0866. The number of piperazine rings is 1. The molecule has 0 saturated carbocycles. The minimum Gasteiger partial charge on any atom is -0.351 e. The van der Waals surface area contributed by atoms with Crippen LogP contribution in [0.5, 0.6) is 0 Å². The number of nitrogens with one attached hydrogen (secondary N) is 3. The van der Waals surface area contributed by atoms with Gasteiger partial charge < -0.3 is 25.1 Å². The van der Waals surface area contributed by atoms with Gasteiger partial charge in [0.25, 0.3) is 11.8 Å². The van der Waals surface area contributed by atoms with Gasteiger partial charge in [-0.3, -0.25) is 14.4 Å². The summed E-state index contributed by atoms with van der Waals surface area (Å²) >= 11 is 0. The molecule has 9 heteroatoms. The maximum absolute atomic E-state index is 13.9. The highest BCUT2D eigenvalue weighted by molar-refractivity contribution is 6.00. The van der Waals surface area contributed by atoms with Gasteiger partial charge in [-0.05, 0) is 36.2 Å². The van der Waals surface area contributed by atoms with Crippen LogP contribution in [0.25, 0.3) is 21.9 Å². The fraction of sp³-hybridized carbons (Fsp3) is 0.226. The second kappa shape index (κ2) is 9.68. The van der Waals surface area contributed by atoms with E-state index in [0.29, 0.717) is 37.4 Å². The van der Waals surface area contributed by atoms with E-state index in [1.165, 1.54) is 0 Å². The lowest BCUT2D eigenvalue weighted by Gasteiger charge is -2.35. The van der Waals surface area contributed by atoms with Crippen molar-refractivity contribution in [2.45, 2.75) is 31.0 Å². The molecule has 3 aromatic carbocycles. The first kappa shape index (κ1) is 24.1. The normalized spacial score (nSPS) is 18.9. The van der Waals surface area contributed by atoms with Crippen LogP contribution in [0.4, 0.5) is 0 Å². The number of hydrogen-bond acceptors (Lipinski definition) is 4. The molecule has 3 amide bonds. The van der Waals surface area contributed by atoms with Crippen LogP contribution in [-0.4, -0.2) is 73.7 Å². The smallest absolute Gasteiger partial charge is 0.290 e. The van der Waals surface area contributed by atoms with Crippen LogP contribution >= 0.6 is 0 Å². The Labute approximate surface area is 230 Å². The van der Waals surface area contributed by atoms with Crippen LogP contribution < -0.4 is 5.32 Å². The van der Waals surface area contributed by atoms with E-state index in [0.717, 1.165) is 27.5 Å². The van der Waals surface area contributed by atoms with E-state index in [4.69, 9.17) is 0 Å². The van der Waals surface area contributed by atoms with E-state index in [1.54, 1.807) is 6.07 Å². The standard InChI is InChI=1S/C31H28N6O3/c38-29(26-15-20-10-4-5-11-23(20)32-26)35-27(14-19-8-2-1-3-9-19)30(39)36-17-22-16-21(36)18-37(22)31(40)28-33-24-12-6-7-13-25(24)34-28/h1-13,15,21-22,27,32H,14,16-18H2,(H,33,34)(H,35,38)/t21-,22-,27?/m0/s1. The van der Waals surface area contributed by atoms with Crippen molar-refractivity contribution in [3.05, 3.63) is 102 Å². The molecule has 0 spiro atoms. The number of carbonyl (C=O) groups is 3. The van der Waals surface area contributed by atoms with E-state index < -0.39 is 6.04 Å². The number of carbonyl (C=O) groups excluding carboxylic acids is 3. The summed E-state index contributed by atoms with van der Waals surface area (Å²) in [7, 11) is 0. The average molecular weight is 533 g/mol. The van der Waals surface area contributed by atoms with Gasteiger partial charge in [0, 0.05) is 30.4 Å². The van der Waals surface area contributed by atoms with Gasteiger partial charge >= 0.3 is 0 Å². The monoisotopic (exact) mass is 532 g/mol. The highest BCUT2D eigenvalue weighted by atomic mass is 16.2. The van der Waals surface area contributed by atoms with Gasteiger partial charge in [0.2, 0.25) is 5.91 Å². The van der Waals surface area contributed by atoms with E-state index in [9.17, 15) is 14.4 Å². The summed E-state index contributed by atoms with van der Waals surface area (Å²) < 4.78 is 0. The molecule has 7 rings (SSSR count). The third kappa shape index (κ3) is 4.29. The number of hydrogen-bond donors (Lipinski definition) is 3. The molecule has 9 nitrogen and oxygen atoms in total. The van der Waals surface area contributed by atoms with Gasteiger partial charge in [0.05, 0.1) is 23.1 Å². The first-order valence-corrected chi connectivity index (χ1v) is 13.5. The fourth-order valence-electron chi connectivity index (χ4n) is 6.06. The number of nitrogens with zero attached hydrogens (tertiary/aromatic N) is 3. The number of para-hydroxylation sites is 3. The molecule has 2 bridgehead atoms. The third-order valence-electron chi connectivity index (χ3n) is 8.04. The topological polar surface area (TPSA) is 114 Å². The van der Waals surface area contributed by atoms with Gasteiger partial charge in [0.15, 0.2) is 5.82 Å². The Morgan fingerprint density at radius 3 is 2.30 bits per heavy atom. The van der Waals surface area contributed by atoms with Crippen molar-refractivity contribution < 1.29 is 14.4 Å². The van der Waals surface area contributed by atoms with Crippen molar-refractivity contribution in [2.75, 3.05) is 13.1 Å². The van der Waals surface area contributed by atoms with Crippen molar-refractivity contribution in [1.29, 1.82) is 0 Å². The van der Waals surface area contributed by atoms with Crippen molar-refractivity contribution in [3.8, 4) is 0 Å². The Balaban J connectivity index is 1.09. The maximum Gasteiger partial charge on any atom is 0.290 e. The summed E-state index contributed by atoms with van der Waals surface area (Å²) in [6.07, 6.45) is 1.09. The lowest BCUT2D eigenvalue weighted by molar-refractivity contribution is -0.135. The molecule has 2 aliphatic rings. The second-order valence-corrected chi connectivity index (χ2v) is 10.6. The van der Waals surface area contributed by atoms with Crippen LogP contribution in [0.3, 0.4) is 0 Å². The Morgan fingerprint density at radius 2 is 1.55 bits per heavy atom. The number of fused-ring (bicyclic) bond motifs is 4. The molecular formula is C31H28N6O3. The summed E-state index contributed by atoms with van der Waals surface area (Å²) in [5.41, 5.74) is 3.81. The molecule has 3 N–H and O–H groups in total. The predicted molar refractivity (Wildman–Crippen MR) is 151 cm³/mol. The van der Waals surface area contributed by atoms with Gasteiger partial charge in [0.1, 0.15) is 11.7 Å². The van der Waals surface area contributed by atoms with Crippen molar-refractivity contribution in [3.63, 3.8) is 0 Å². The van der Waals surface area contributed by atoms with Gasteiger partial charge in [-0.2, -0.15) is 0 Å². The Kier molecular flexibility index (Phi) is 5.84. The molecule has 2 saturated heterocycles. The Morgan fingerprint density at radius 1 is 0.850 bits per heavy atom. The number of imidazole rings is 1. The highest BCUT2D eigenvalue weighted by Crippen LogP contribution is 2.32. The summed E-state index contributed by atoms with van der Waals surface area (Å²) in [6, 6.07) is 25.8. The highest BCUT2D eigenvalue weighted by Gasteiger charge is 2.48. The van der Waals surface area contributed by atoms with Crippen LogP contribution in [-0.2, 0) is 11.2 Å². The molecular weight excluding hydrogens is 504 g/mol. The summed E-state index contributed by atoms with van der Waals surface area (Å²) in [5.74, 6) is -0.281. The fourth-order valence-corrected chi connectivity index (χ4v) is 6.06. The molecule has 2 fully saturated rings. The molecule has 200 valence electrons. The number of aromatic amines is 2. The minimum atomic E-state index is -0.736. The first-order chi connectivity index (χ1) is 19.5. The van der Waals surface area contributed by atoms with Crippen molar-refractivity contribution in [1.82, 2.24) is 30.1 Å². The molecule has 3 atom stereocenters. The van der Waals surface area contributed by atoms with Crippen molar-refractivity contribution in [2.24, 2.45) is 0 Å². The maximum atomic E-state index is 13.9. The predicted octanol–water partition coefficient (Wildman–Crippen LogP) is 3.51. The number of rotatable bonds is 6. The Bertz CT molecular complexity index is 1680. The number of H-pyrrole nitrogens is 2. The van der Waals surface area contributed by atoms with Crippen LogP contribution in [0.1, 0.15) is 33.1 Å². The van der Waals surface area contributed by atoms with E-state index in [2.05, 4.69) is 20.3 Å². The number of amides is 3. The zero-order chi connectivity index (χ0) is 27.2. The molecule has 5 aromatic rings. The molecule has 0 aliphatic carbocycles. The number of benzene rings is 3. The van der Waals surface area contributed by atoms with Gasteiger partial charge in [-0.15, -0.1) is 0 Å². The molecule has 40 heavy (non-hydrogen) atoms. The molecule has 2 aromatic heterocycles. The summed E-state index contributed by atoms with van der Waals surface area (Å²) in [6.45, 7) is 0.878. The van der Waals surface area contributed by atoms with E-state index in [-0.39, 0.29) is 29.8 Å². The van der Waals surface area contributed by atoms with Crippen LogP contribution in [0.15, 0.2) is 84.9 Å². The SMILES string of the molecule is O=C(NC(Cc1ccccc1)C(=O)N1C[C@@H]2C[C@H]1CN2C(=O)c1nc2ccccc2[nH]1)c1cc2ccccc2[nH]1. The van der Waals surface area contributed by atoms with Gasteiger partial charge in [-0.1, -0.05) is 60.7 Å². The molecule has 2 aliphatic heterocycles.